The number of carbonyl (C=O) groups excluding carboxylic acids is 1. The highest BCUT2D eigenvalue weighted by Crippen LogP contribution is 2.22. The predicted molar refractivity (Wildman–Crippen MR) is 114 cm³/mol. The van der Waals surface area contributed by atoms with Gasteiger partial charge in [0.25, 0.3) is 5.91 Å². The lowest BCUT2D eigenvalue weighted by molar-refractivity contribution is 0.102. The number of likely N-dealkylation sites (N-methyl/N-ethyl adjacent to an activating group) is 1. The number of benzene rings is 1. The van der Waals surface area contributed by atoms with E-state index in [0.717, 1.165) is 44.8 Å². The molecule has 0 atom stereocenters. The molecule has 160 valence electrons. The van der Waals surface area contributed by atoms with Crippen LogP contribution in [0.25, 0.3) is 0 Å². The largest absolute Gasteiger partial charge is 0.354 e. The van der Waals surface area contributed by atoms with Crippen molar-refractivity contribution in [1.29, 1.82) is 0 Å². The normalized spacial score (nSPS) is 18.5. The van der Waals surface area contributed by atoms with E-state index in [-0.39, 0.29) is 10.8 Å². The van der Waals surface area contributed by atoms with Gasteiger partial charge in [-0.2, -0.15) is 4.31 Å². The number of amides is 1. The Hall–Kier alpha value is -2.56. The number of anilines is 2. The molecule has 0 spiro atoms. The first-order valence-corrected chi connectivity index (χ1v) is 11.5. The smallest absolute Gasteiger partial charge is 0.256 e. The van der Waals surface area contributed by atoms with Gasteiger partial charge in [0.05, 0.1) is 4.90 Å². The Morgan fingerprint density at radius 2 is 1.63 bits per heavy atom. The minimum atomic E-state index is -3.49. The molecule has 3 heterocycles. The van der Waals surface area contributed by atoms with E-state index in [9.17, 15) is 13.2 Å². The lowest BCUT2D eigenvalue weighted by atomic mass is 10.2. The van der Waals surface area contributed by atoms with Crippen LogP contribution in [0.4, 0.5) is 11.6 Å². The van der Waals surface area contributed by atoms with Crippen molar-refractivity contribution in [3.05, 3.63) is 42.2 Å². The Labute approximate surface area is 176 Å². The number of nitrogens with zero attached hydrogens (tertiary/aromatic N) is 5. The van der Waals surface area contributed by atoms with Crippen molar-refractivity contribution in [2.75, 3.05) is 56.5 Å². The maximum Gasteiger partial charge on any atom is 0.256 e. The summed E-state index contributed by atoms with van der Waals surface area (Å²) in [5.74, 6) is 0.848. The van der Waals surface area contributed by atoms with E-state index in [1.54, 1.807) is 6.07 Å². The molecule has 30 heavy (non-hydrogen) atoms. The van der Waals surface area contributed by atoms with E-state index in [4.69, 9.17) is 0 Å². The van der Waals surface area contributed by atoms with Gasteiger partial charge in [-0.05, 0) is 44.2 Å². The van der Waals surface area contributed by atoms with Gasteiger partial charge in [-0.25, -0.2) is 18.4 Å². The number of hydrogen-bond acceptors (Lipinski definition) is 7. The molecule has 2 aliphatic heterocycles. The molecule has 2 saturated heterocycles. The molecular weight excluding hydrogens is 404 g/mol. The summed E-state index contributed by atoms with van der Waals surface area (Å²) >= 11 is 0. The maximum absolute atomic E-state index is 12.6. The lowest BCUT2D eigenvalue weighted by Gasteiger charge is -2.33. The van der Waals surface area contributed by atoms with Crippen LogP contribution >= 0.6 is 0 Å². The van der Waals surface area contributed by atoms with Crippen LogP contribution in [0.2, 0.25) is 0 Å². The van der Waals surface area contributed by atoms with Gasteiger partial charge < -0.3 is 15.1 Å². The second-order valence-corrected chi connectivity index (χ2v) is 9.58. The fourth-order valence-electron chi connectivity index (χ4n) is 3.67. The van der Waals surface area contributed by atoms with E-state index in [0.29, 0.717) is 24.5 Å². The summed E-state index contributed by atoms with van der Waals surface area (Å²) in [6, 6.07) is 7.79. The van der Waals surface area contributed by atoms with Gasteiger partial charge in [-0.1, -0.05) is 0 Å². The first kappa shape index (κ1) is 20.7. The highest BCUT2D eigenvalue weighted by Gasteiger charge is 2.27. The van der Waals surface area contributed by atoms with E-state index >= 15 is 0 Å². The third-order valence-corrected chi connectivity index (χ3v) is 7.45. The lowest BCUT2D eigenvalue weighted by Crippen LogP contribution is -2.44. The van der Waals surface area contributed by atoms with Crippen LogP contribution in [0.5, 0.6) is 0 Å². The number of carbonyl (C=O) groups is 1. The molecule has 1 aromatic heterocycles. The monoisotopic (exact) mass is 430 g/mol. The number of sulfonamides is 1. The molecule has 2 aliphatic rings. The molecule has 1 amide bonds. The molecule has 2 aromatic rings. The molecule has 0 unspecified atom stereocenters. The van der Waals surface area contributed by atoms with Gasteiger partial charge in [-0.15, -0.1) is 0 Å². The summed E-state index contributed by atoms with van der Waals surface area (Å²) < 4.78 is 26.7. The third kappa shape index (κ3) is 4.45. The summed E-state index contributed by atoms with van der Waals surface area (Å²) in [5, 5.41) is 2.77. The Bertz CT molecular complexity index is 997. The highest BCUT2D eigenvalue weighted by atomic mass is 32.2. The van der Waals surface area contributed by atoms with Crippen molar-refractivity contribution in [3.63, 3.8) is 0 Å². The van der Waals surface area contributed by atoms with Gasteiger partial charge in [0.1, 0.15) is 18.0 Å². The molecular formula is C20H26N6O3S. The van der Waals surface area contributed by atoms with E-state index < -0.39 is 10.0 Å². The molecule has 9 nitrogen and oxygen atoms in total. The molecule has 1 aromatic carbocycles. The van der Waals surface area contributed by atoms with Crippen LogP contribution in [-0.4, -0.2) is 79.8 Å². The minimum absolute atomic E-state index is 0.209. The minimum Gasteiger partial charge on any atom is -0.354 e. The Kier molecular flexibility index (Phi) is 5.98. The van der Waals surface area contributed by atoms with Gasteiger partial charge in [0.15, 0.2) is 0 Å². The standard InChI is InChI=1S/C20H26N6O3S/c1-24-10-12-25(13-11-24)19-14-18(21-15-22-19)23-20(27)16-4-6-17(7-5-16)30(28,29)26-8-2-3-9-26/h4-7,14-15H,2-3,8-13H2,1H3,(H,21,22,23,27). The van der Waals surface area contributed by atoms with Crippen LogP contribution in [0.15, 0.2) is 41.6 Å². The second-order valence-electron chi connectivity index (χ2n) is 7.64. The second kappa shape index (κ2) is 8.66. The van der Waals surface area contributed by atoms with Gasteiger partial charge in [-0.3, -0.25) is 4.79 Å². The van der Waals surface area contributed by atoms with Gasteiger partial charge in [0.2, 0.25) is 10.0 Å². The maximum atomic E-state index is 12.6. The zero-order valence-electron chi connectivity index (χ0n) is 17.0. The van der Waals surface area contributed by atoms with Crippen LogP contribution < -0.4 is 10.2 Å². The Morgan fingerprint density at radius 3 is 2.30 bits per heavy atom. The topological polar surface area (TPSA) is 98.7 Å². The van der Waals surface area contributed by atoms with Crippen molar-refractivity contribution in [3.8, 4) is 0 Å². The summed E-state index contributed by atoms with van der Waals surface area (Å²) in [4.78, 5) is 25.7. The number of hydrogen-bond donors (Lipinski definition) is 1. The van der Waals surface area contributed by atoms with Crippen LogP contribution in [0, 0.1) is 0 Å². The summed E-state index contributed by atoms with van der Waals surface area (Å²) in [7, 11) is -1.40. The van der Waals surface area contributed by atoms with Crippen molar-refractivity contribution in [2.24, 2.45) is 0 Å². The molecule has 10 heteroatoms. The summed E-state index contributed by atoms with van der Waals surface area (Å²) in [5.41, 5.74) is 0.370. The van der Waals surface area contributed by atoms with Crippen LogP contribution in [0.1, 0.15) is 23.2 Å². The van der Waals surface area contributed by atoms with Crippen molar-refractivity contribution in [2.45, 2.75) is 17.7 Å². The fourth-order valence-corrected chi connectivity index (χ4v) is 5.19. The number of nitrogens with one attached hydrogen (secondary N) is 1. The quantitative estimate of drug-likeness (QED) is 0.763. The summed E-state index contributed by atoms with van der Waals surface area (Å²) in [6.07, 6.45) is 3.21. The first-order valence-electron chi connectivity index (χ1n) is 10.1. The van der Waals surface area contributed by atoms with Crippen LogP contribution in [-0.2, 0) is 10.0 Å². The van der Waals surface area contributed by atoms with Gasteiger partial charge >= 0.3 is 0 Å². The predicted octanol–water partition coefficient (Wildman–Crippen LogP) is 1.27. The molecule has 0 aliphatic carbocycles. The van der Waals surface area contributed by atoms with Gasteiger partial charge in [0, 0.05) is 50.9 Å². The molecule has 2 fully saturated rings. The molecule has 0 bridgehead atoms. The zero-order valence-corrected chi connectivity index (χ0v) is 17.8. The fraction of sp³-hybridized carbons (Fsp3) is 0.450. The average Bonchev–Trinajstić information content (AvgIpc) is 3.30. The third-order valence-electron chi connectivity index (χ3n) is 5.54. The molecule has 4 rings (SSSR count). The summed E-state index contributed by atoms with van der Waals surface area (Å²) in [6.45, 7) is 4.75. The van der Waals surface area contributed by atoms with Crippen molar-refractivity contribution < 1.29 is 13.2 Å². The molecule has 0 radical (unpaired) electrons. The Morgan fingerprint density at radius 1 is 0.967 bits per heavy atom. The van der Waals surface area contributed by atoms with Crippen molar-refractivity contribution in [1.82, 2.24) is 19.2 Å². The molecule has 0 saturated carbocycles. The highest BCUT2D eigenvalue weighted by molar-refractivity contribution is 7.89. The number of aromatic nitrogens is 2. The van der Waals surface area contributed by atoms with Crippen LogP contribution in [0.3, 0.4) is 0 Å². The average molecular weight is 431 g/mol. The molecule has 1 N–H and O–H groups in total. The Balaban J connectivity index is 1.43. The van der Waals surface area contributed by atoms with E-state index in [1.165, 1.54) is 34.9 Å². The first-order chi connectivity index (χ1) is 14.4. The van der Waals surface area contributed by atoms with Crippen molar-refractivity contribution >= 4 is 27.6 Å². The number of piperazine rings is 1. The number of rotatable bonds is 5. The zero-order chi connectivity index (χ0) is 21.1. The SMILES string of the molecule is CN1CCN(c2cc(NC(=O)c3ccc(S(=O)(=O)N4CCCC4)cc3)ncn2)CC1. The van der Waals surface area contributed by atoms with E-state index in [2.05, 4.69) is 32.1 Å². The van der Waals surface area contributed by atoms with E-state index in [1.807, 2.05) is 0 Å².